The van der Waals surface area contributed by atoms with Gasteiger partial charge in [0.25, 0.3) is 0 Å². The molecule has 9 aromatic rings. The van der Waals surface area contributed by atoms with Crippen molar-refractivity contribution in [2.45, 2.75) is 38.5 Å². The SMILES string of the molecule is CC1(C)c2ccccc2-c2cc3c(cc21)-c1ccc(-c2c4ccccc4c(-c4cccc5ccccc45)c4ccccc24)c2cccc(c12)C3(C)C. The minimum absolute atomic E-state index is 0.0508. The van der Waals surface area contributed by atoms with Gasteiger partial charge >= 0.3 is 0 Å². The molecule has 52 heavy (non-hydrogen) atoms. The van der Waals surface area contributed by atoms with Gasteiger partial charge in [-0.3, -0.25) is 0 Å². The Bertz CT molecular complexity index is 2940. The summed E-state index contributed by atoms with van der Waals surface area (Å²) in [6.45, 7) is 9.64. The van der Waals surface area contributed by atoms with E-state index in [9.17, 15) is 0 Å². The Morgan fingerprint density at radius 3 is 1.38 bits per heavy atom. The Kier molecular flexibility index (Phi) is 5.89. The minimum atomic E-state index is -0.167. The molecule has 2 aliphatic carbocycles. The molecule has 0 spiro atoms. The summed E-state index contributed by atoms with van der Waals surface area (Å²) in [6, 6.07) is 59.6. The smallest absolute Gasteiger partial charge is 0.0159 e. The van der Waals surface area contributed by atoms with E-state index in [2.05, 4.69) is 185 Å². The van der Waals surface area contributed by atoms with Crippen LogP contribution in [0, 0.1) is 0 Å². The lowest BCUT2D eigenvalue weighted by atomic mass is 9.66. The second kappa shape index (κ2) is 10.3. The van der Waals surface area contributed by atoms with Gasteiger partial charge in [-0.1, -0.05) is 173 Å². The second-order valence-corrected chi connectivity index (χ2v) is 16.0. The fraction of sp³-hybridized carbons (Fsp3) is 0.115. The number of hydrogen-bond acceptors (Lipinski definition) is 0. The summed E-state index contributed by atoms with van der Waals surface area (Å²) in [5.41, 5.74) is 16.2. The fourth-order valence-electron chi connectivity index (χ4n) is 10.2. The van der Waals surface area contributed by atoms with E-state index in [1.807, 2.05) is 0 Å². The maximum atomic E-state index is 2.54. The molecule has 11 rings (SSSR count). The summed E-state index contributed by atoms with van der Waals surface area (Å²) in [5.74, 6) is 0. The third kappa shape index (κ3) is 3.77. The number of rotatable bonds is 2. The maximum absolute atomic E-state index is 2.54. The van der Waals surface area contributed by atoms with Crippen LogP contribution in [-0.4, -0.2) is 0 Å². The van der Waals surface area contributed by atoms with Crippen molar-refractivity contribution < 1.29 is 0 Å². The van der Waals surface area contributed by atoms with Crippen LogP contribution >= 0.6 is 0 Å². The average molecular weight is 663 g/mol. The molecule has 0 heteroatoms. The highest BCUT2D eigenvalue weighted by Gasteiger charge is 2.40. The lowest BCUT2D eigenvalue weighted by Gasteiger charge is -2.37. The van der Waals surface area contributed by atoms with Gasteiger partial charge in [-0.25, -0.2) is 0 Å². The fourth-order valence-corrected chi connectivity index (χ4v) is 10.2. The van der Waals surface area contributed by atoms with Crippen molar-refractivity contribution in [3.8, 4) is 44.5 Å². The number of benzene rings is 9. The molecule has 2 aliphatic rings. The molecule has 0 atom stereocenters. The number of hydrogen-bond donors (Lipinski definition) is 0. The molecule has 0 saturated carbocycles. The molecule has 0 fully saturated rings. The third-order valence-electron chi connectivity index (χ3n) is 12.7. The zero-order chi connectivity index (χ0) is 34.9. The summed E-state index contributed by atoms with van der Waals surface area (Å²) in [7, 11) is 0. The maximum Gasteiger partial charge on any atom is 0.0159 e. The van der Waals surface area contributed by atoms with E-state index >= 15 is 0 Å². The Balaban J connectivity index is 1.22. The van der Waals surface area contributed by atoms with Crippen LogP contribution in [0.5, 0.6) is 0 Å². The molecule has 0 amide bonds. The molecule has 0 saturated heterocycles. The summed E-state index contributed by atoms with van der Waals surface area (Å²) in [5, 5.41) is 10.4. The van der Waals surface area contributed by atoms with Crippen LogP contribution < -0.4 is 0 Å². The third-order valence-corrected chi connectivity index (χ3v) is 12.7. The zero-order valence-electron chi connectivity index (χ0n) is 30.0. The minimum Gasteiger partial charge on any atom is -0.0619 e. The lowest BCUT2D eigenvalue weighted by Crippen LogP contribution is -2.24. The van der Waals surface area contributed by atoms with Crippen molar-refractivity contribution in [2.24, 2.45) is 0 Å². The summed E-state index contributed by atoms with van der Waals surface area (Å²) >= 11 is 0. The first-order valence-electron chi connectivity index (χ1n) is 18.6. The van der Waals surface area contributed by atoms with Crippen LogP contribution in [0.2, 0.25) is 0 Å². The predicted octanol–water partition coefficient (Wildman–Crippen LogP) is 14.2. The quantitative estimate of drug-likeness (QED) is 0.162. The van der Waals surface area contributed by atoms with Crippen molar-refractivity contribution in [1.82, 2.24) is 0 Å². The Labute approximate surface area is 305 Å². The van der Waals surface area contributed by atoms with Crippen LogP contribution in [0.3, 0.4) is 0 Å². The van der Waals surface area contributed by atoms with Crippen LogP contribution in [0.1, 0.15) is 49.9 Å². The molecule has 0 bridgehead atoms. The van der Waals surface area contributed by atoms with E-state index in [4.69, 9.17) is 0 Å². The molecule has 0 unspecified atom stereocenters. The van der Waals surface area contributed by atoms with Crippen molar-refractivity contribution in [2.75, 3.05) is 0 Å². The van der Waals surface area contributed by atoms with Crippen molar-refractivity contribution in [3.63, 3.8) is 0 Å². The van der Waals surface area contributed by atoms with E-state index in [0.717, 1.165) is 0 Å². The molecule has 246 valence electrons. The topological polar surface area (TPSA) is 0 Å². The van der Waals surface area contributed by atoms with Gasteiger partial charge in [0.05, 0.1) is 0 Å². The van der Waals surface area contributed by atoms with Crippen LogP contribution in [0.4, 0.5) is 0 Å². The summed E-state index contributed by atoms with van der Waals surface area (Å²) in [6.07, 6.45) is 0. The van der Waals surface area contributed by atoms with Crippen molar-refractivity contribution >= 4 is 43.1 Å². The van der Waals surface area contributed by atoms with Gasteiger partial charge in [-0.2, -0.15) is 0 Å². The zero-order valence-corrected chi connectivity index (χ0v) is 30.0. The van der Waals surface area contributed by atoms with Gasteiger partial charge in [-0.15, -0.1) is 0 Å². The monoisotopic (exact) mass is 662 g/mol. The number of fused-ring (bicyclic) bond motifs is 8. The Morgan fingerprint density at radius 1 is 0.288 bits per heavy atom. The highest BCUT2D eigenvalue weighted by molar-refractivity contribution is 6.26. The normalized spacial score (nSPS) is 14.8. The summed E-state index contributed by atoms with van der Waals surface area (Å²) < 4.78 is 0. The highest BCUT2D eigenvalue weighted by Crippen LogP contribution is 2.57. The van der Waals surface area contributed by atoms with E-state index in [1.165, 1.54) is 110 Å². The first-order chi connectivity index (χ1) is 25.3. The van der Waals surface area contributed by atoms with Gasteiger partial charge < -0.3 is 0 Å². The standard InChI is InChI=1S/C52H38/c1-51(2)44-25-12-11-18-33(44)42-29-47-43(30-46(42)51)41-28-27-40(39-24-14-26-45(50(39)41)52(47,3)4)49-37-21-9-7-19-35(37)48(36-20-8-10-22-38(36)49)34-23-13-16-31-15-5-6-17-32(31)34/h5-30H,1-4H3. The van der Waals surface area contributed by atoms with E-state index in [-0.39, 0.29) is 10.8 Å². The van der Waals surface area contributed by atoms with E-state index in [1.54, 1.807) is 0 Å². The van der Waals surface area contributed by atoms with Gasteiger partial charge in [0, 0.05) is 10.8 Å². The van der Waals surface area contributed by atoms with Crippen LogP contribution in [0.15, 0.2) is 158 Å². The van der Waals surface area contributed by atoms with Crippen molar-refractivity contribution in [1.29, 1.82) is 0 Å². The molecular weight excluding hydrogens is 625 g/mol. The Morgan fingerprint density at radius 2 is 0.712 bits per heavy atom. The molecule has 0 aromatic heterocycles. The first kappa shape index (κ1) is 29.7. The average Bonchev–Trinajstić information content (AvgIpc) is 3.40. The van der Waals surface area contributed by atoms with Crippen LogP contribution in [0.25, 0.3) is 87.6 Å². The first-order valence-corrected chi connectivity index (χ1v) is 18.6. The molecule has 9 aromatic carbocycles. The summed E-state index contributed by atoms with van der Waals surface area (Å²) in [4.78, 5) is 0. The van der Waals surface area contributed by atoms with Gasteiger partial charge in [-0.05, 0) is 122 Å². The Hall–Kier alpha value is -5.98. The van der Waals surface area contributed by atoms with E-state index in [0.29, 0.717) is 0 Å². The molecule has 0 N–H and O–H groups in total. The van der Waals surface area contributed by atoms with E-state index < -0.39 is 0 Å². The molecule has 0 heterocycles. The second-order valence-electron chi connectivity index (χ2n) is 16.0. The van der Waals surface area contributed by atoms with Crippen LogP contribution in [-0.2, 0) is 10.8 Å². The highest BCUT2D eigenvalue weighted by atomic mass is 14.4. The van der Waals surface area contributed by atoms with Gasteiger partial charge in [0.1, 0.15) is 0 Å². The molecular formula is C52H38. The lowest BCUT2D eigenvalue weighted by molar-refractivity contribution is 0.639. The molecule has 0 radical (unpaired) electrons. The van der Waals surface area contributed by atoms with Crippen molar-refractivity contribution in [3.05, 3.63) is 180 Å². The molecule has 0 aliphatic heterocycles. The molecule has 0 nitrogen and oxygen atoms in total. The van der Waals surface area contributed by atoms with Gasteiger partial charge in [0.2, 0.25) is 0 Å². The van der Waals surface area contributed by atoms with Gasteiger partial charge in [0.15, 0.2) is 0 Å². The predicted molar refractivity (Wildman–Crippen MR) is 222 cm³/mol. The largest absolute Gasteiger partial charge is 0.0619 e.